The normalized spacial score (nSPS) is 21.2. The van der Waals surface area contributed by atoms with Crippen LogP contribution in [-0.2, 0) is 13.0 Å². The minimum atomic E-state index is 0.563. The first kappa shape index (κ1) is 14.6. The molecule has 1 unspecified atom stereocenters. The van der Waals surface area contributed by atoms with Crippen molar-refractivity contribution < 1.29 is 0 Å². The Morgan fingerprint density at radius 2 is 2.17 bits per heavy atom. The lowest BCUT2D eigenvalue weighted by molar-refractivity contribution is 0.320. The first-order chi connectivity index (χ1) is 11.2. The number of nitrogens with zero attached hydrogens (tertiary/aromatic N) is 4. The number of benzene rings is 1. The van der Waals surface area contributed by atoms with Gasteiger partial charge >= 0.3 is 0 Å². The number of anilines is 1. The Kier molecular flexibility index (Phi) is 3.73. The second-order valence-corrected chi connectivity index (χ2v) is 7.24. The molecule has 4 rings (SSSR count). The van der Waals surface area contributed by atoms with Gasteiger partial charge in [0.15, 0.2) is 5.17 Å². The lowest BCUT2D eigenvalue weighted by Crippen LogP contribution is -2.39. The minimum absolute atomic E-state index is 0.563. The molecule has 2 aromatic rings. The Morgan fingerprint density at radius 3 is 2.96 bits per heavy atom. The monoisotopic (exact) mass is 324 g/mol. The van der Waals surface area contributed by atoms with Crippen LogP contribution in [0.4, 0.5) is 11.4 Å². The van der Waals surface area contributed by atoms with E-state index in [1.165, 1.54) is 16.8 Å². The van der Waals surface area contributed by atoms with Crippen molar-refractivity contribution in [3.63, 3.8) is 0 Å². The van der Waals surface area contributed by atoms with Crippen molar-refractivity contribution in [1.29, 1.82) is 0 Å². The van der Waals surface area contributed by atoms with Crippen molar-refractivity contribution in [2.75, 3.05) is 24.7 Å². The van der Waals surface area contributed by atoms with Gasteiger partial charge in [0.2, 0.25) is 0 Å². The third-order valence-corrected chi connectivity index (χ3v) is 5.60. The van der Waals surface area contributed by atoms with Gasteiger partial charge in [0.05, 0.1) is 11.9 Å². The summed E-state index contributed by atoms with van der Waals surface area (Å²) >= 11 is 1.86. The Bertz CT molecular complexity index is 742. The molecule has 1 aromatic heterocycles. The number of amidine groups is 1. The molecule has 3 heterocycles. The fourth-order valence-corrected chi connectivity index (χ4v) is 4.36. The van der Waals surface area contributed by atoms with E-state index >= 15 is 0 Å². The zero-order valence-electron chi connectivity index (χ0n) is 13.4. The quantitative estimate of drug-likeness (QED) is 0.848. The summed E-state index contributed by atoms with van der Waals surface area (Å²) in [4.78, 5) is 13.6. The molecule has 4 nitrogen and oxygen atoms in total. The summed E-state index contributed by atoms with van der Waals surface area (Å²) in [6.45, 7) is 0.952. The molecule has 0 saturated carbocycles. The molecule has 0 radical (unpaired) electrons. The lowest BCUT2D eigenvalue weighted by Gasteiger charge is -2.33. The Morgan fingerprint density at radius 1 is 1.26 bits per heavy atom. The fourth-order valence-electron chi connectivity index (χ4n) is 3.17. The zero-order chi connectivity index (χ0) is 15.8. The molecule has 0 bridgehead atoms. The number of rotatable bonds is 2. The van der Waals surface area contributed by atoms with Crippen molar-refractivity contribution in [3.05, 3.63) is 53.9 Å². The standard InChI is InChI=1S/C18H20N4S/c1-21(2)16-6-5-13-8-17-12-23-18(22(17)11-14(13)9-16)20-15-4-3-7-19-10-15/h3-7,9-10,17H,8,11-12H2,1-2H3. The van der Waals surface area contributed by atoms with Crippen molar-refractivity contribution in [2.45, 2.75) is 19.0 Å². The van der Waals surface area contributed by atoms with Gasteiger partial charge in [-0.2, -0.15) is 0 Å². The van der Waals surface area contributed by atoms with Gasteiger partial charge in [-0.1, -0.05) is 17.8 Å². The summed E-state index contributed by atoms with van der Waals surface area (Å²) in [7, 11) is 4.18. The topological polar surface area (TPSA) is 31.7 Å². The van der Waals surface area contributed by atoms with Crippen LogP contribution < -0.4 is 4.90 Å². The number of thioether (sulfide) groups is 1. The second kappa shape index (κ2) is 5.89. The molecule has 118 valence electrons. The first-order valence-electron chi connectivity index (χ1n) is 7.88. The van der Waals surface area contributed by atoms with Crippen LogP contribution in [0.2, 0.25) is 0 Å². The van der Waals surface area contributed by atoms with Gasteiger partial charge in [0.25, 0.3) is 0 Å². The maximum Gasteiger partial charge on any atom is 0.165 e. The minimum Gasteiger partial charge on any atom is -0.378 e. The maximum atomic E-state index is 4.81. The van der Waals surface area contributed by atoms with Gasteiger partial charge in [0, 0.05) is 44.3 Å². The molecular weight excluding hydrogens is 304 g/mol. The molecule has 0 aliphatic carbocycles. The summed E-state index contributed by atoms with van der Waals surface area (Å²) in [5.74, 6) is 1.12. The van der Waals surface area contributed by atoms with Crippen LogP contribution in [0.5, 0.6) is 0 Å². The SMILES string of the molecule is CN(C)c1ccc2c(c1)CN1C(=Nc3cccnc3)SCC1C2. The van der Waals surface area contributed by atoms with Crippen molar-refractivity contribution in [3.8, 4) is 0 Å². The number of fused-ring (bicyclic) bond motifs is 2. The molecular formula is C18H20N4S. The molecule has 1 aromatic carbocycles. The van der Waals surface area contributed by atoms with Gasteiger partial charge in [-0.3, -0.25) is 4.98 Å². The highest BCUT2D eigenvalue weighted by Gasteiger charge is 2.34. The number of hydrogen-bond donors (Lipinski definition) is 0. The number of aromatic nitrogens is 1. The summed E-state index contributed by atoms with van der Waals surface area (Å²) in [5, 5.41) is 1.13. The summed E-state index contributed by atoms with van der Waals surface area (Å²) in [6.07, 6.45) is 4.72. The molecule has 5 heteroatoms. The van der Waals surface area contributed by atoms with Crippen LogP contribution in [0.25, 0.3) is 0 Å². The fraction of sp³-hybridized carbons (Fsp3) is 0.333. The van der Waals surface area contributed by atoms with Gasteiger partial charge in [-0.05, 0) is 41.8 Å². The molecule has 2 aliphatic heterocycles. The Hall–Kier alpha value is -2.01. The predicted octanol–water partition coefficient (Wildman–Crippen LogP) is 3.31. The van der Waals surface area contributed by atoms with Crippen molar-refractivity contribution in [1.82, 2.24) is 9.88 Å². The second-order valence-electron chi connectivity index (χ2n) is 6.25. The highest BCUT2D eigenvalue weighted by molar-refractivity contribution is 8.14. The molecule has 0 spiro atoms. The average molecular weight is 324 g/mol. The highest BCUT2D eigenvalue weighted by atomic mass is 32.2. The number of pyridine rings is 1. The van der Waals surface area contributed by atoms with Crippen LogP contribution in [0.3, 0.4) is 0 Å². The third-order valence-electron chi connectivity index (χ3n) is 4.46. The Balaban J connectivity index is 1.64. The molecule has 1 atom stereocenters. The summed E-state index contributed by atoms with van der Waals surface area (Å²) < 4.78 is 0. The average Bonchev–Trinajstić information content (AvgIpc) is 2.95. The maximum absolute atomic E-state index is 4.81. The van der Waals surface area contributed by atoms with Gasteiger partial charge in [0.1, 0.15) is 0 Å². The van der Waals surface area contributed by atoms with E-state index in [0.717, 1.165) is 29.6 Å². The smallest absolute Gasteiger partial charge is 0.165 e. The van der Waals surface area contributed by atoms with Crippen LogP contribution >= 0.6 is 11.8 Å². The zero-order valence-corrected chi connectivity index (χ0v) is 14.3. The van der Waals surface area contributed by atoms with Crippen LogP contribution in [0.15, 0.2) is 47.7 Å². The van der Waals surface area contributed by atoms with Crippen molar-refractivity contribution in [2.24, 2.45) is 4.99 Å². The molecule has 1 saturated heterocycles. The van der Waals surface area contributed by atoms with Crippen LogP contribution in [-0.4, -0.2) is 40.9 Å². The van der Waals surface area contributed by atoms with Crippen molar-refractivity contribution >= 4 is 28.3 Å². The van der Waals surface area contributed by atoms with Gasteiger partial charge in [-0.25, -0.2) is 4.99 Å². The van der Waals surface area contributed by atoms with E-state index < -0.39 is 0 Å². The number of hydrogen-bond acceptors (Lipinski definition) is 4. The van der Waals surface area contributed by atoms with E-state index in [-0.39, 0.29) is 0 Å². The van der Waals surface area contributed by atoms with E-state index in [1.54, 1.807) is 6.20 Å². The van der Waals surface area contributed by atoms with Gasteiger partial charge in [-0.15, -0.1) is 0 Å². The molecule has 0 amide bonds. The van der Waals surface area contributed by atoms with Gasteiger partial charge < -0.3 is 9.80 Å². The molecule has 23 heavy (non-hydrogen) atoms. The summed E-state index contributed by atoms with van der Waals surface area (Å²) in [5.41, 5.74) is 5.11. The van der Waals surface area contributed by atoms with Crippen LogP contribution in [0, 0.1) is 0 Å². The van der Waals surface area contributed by atoms with E-state index in [0.29, 0.717) is 6.04 Å². The Labute approximate surface area is 141 Å². The first-order valence-corrected chi connectivity index (χ1v) is 8.86. The third kappa shape index (κ3) is 2.81. The van der Waals surface area contributed by atoms with Crippen LogP contribution in [0.1, 0.15) is 11.1 Å². The lowest BCUT2D eigenvalue weighted by atomic mass is 9.94. The van der Waals surface area contributed by atoms with E-state index in [9.17, 15) is 0 Å². The molecule has 2 aliphatic rings. The largest absolute Gasteiger partial charge is 0.378 e. The molecule has 1 fully saturated rings. The summed E-state index contributed by atoms with van der Waals surface area (Å²) in [6, 6.07) is 11.3. The van der Waals surface area contributed by atoms with E-state index in [4.69, 9.17) is 4.99 Å². The van der Waals surface area contributed by atoms with E-state index in [1.807, 2.05) is 30.1 Å². The number of aliphatic imine (C=N–C) groups is 1. The predicted molar refractivity (Wildman–Crippen MR) is 97.6 cm³/mol. The van der Waals surface area contributed by atoms with E-state index in [2.05, 4.69) is 47.1 Å². The molecule has 0 N–H and O–H groups in total. The highest BCUT2D eigenvalue weighted by Crippen LogP contribution is 2.35.